The molecule has 0 aromatic heterocycles. The zero-order valence-corrected chi connectivity index (χ0v) is 15.2. The van der Waals surface area contributed by atoms with Crippen LogP contribution in [0.25, 0.3) is 0 Å². The van der Waals surface area contributed by atoms with Gasteiger partial charge < -0.3 is 14.1 Å². The van der Waals surface area contributed by atoms with Crippen molar-refractivity contribution in [1.29, 1.82) is 0 Å². The first-order chi connectivity index (χ1) is 12.6. The fourth-order valence-electron chi connectivity index (χ4n) is 8.14. The Hall–Kier alpha value is -1.65. The number of carbonyl (C=O) groups is 1. The van der Waals surface area contributed by atoms with Crippen LogP contribution in [0.4, 0.5) is 5.69 Å². The molecule has 0 N–H and O–H groups in total. The minimum Gasteiger partial charge on any atom is -0.373 e. The first-order valence-corrected chi connectivity index (χ1v) is 10.2. The minimum absolute atomic E-state index is 0.104. The monoisotopic (exact) mass is 349 g/mol. The van der Waals surface area contributed by atoms with Crippen molar-refractivity contribution in [2.75, 3.05) is 31.6 Å². The predicted molar refractivity (Wildman–Crippen MR) is 97.8 cm³/mol. The fourth-order valence-corrected chi connectivity index (χ4v) is 8.14. The summed E-state index contributed by atoms with van der Waals surface area (Å²) in [5.41, 5.74) is 4.43. The highest BCUT2D eigenvalue weighted by molar-refractivity contribution is 5.99. The Balaban J connectivity index is 1.56. The van der Waals surface area contributed by atoms with E-state index in [4.69, 9.17) is 4.74 Å². The summed E-state index contributed by atoms with van der Waals surface area (Å²) >= 11 is 0. The molecule has 134 valence electrons. The highest BCUT2D eigenvalue weighted by atomic mass is 16.5. The predicted octanol–water partition coefficient (Wildman–Crippen LogP) is 2.24. The van der Waals surface area contributed by atoms with Crippen LogP contribution in [0.3, 0.4) is 0 Å². The fraction of sp³-hybridized carbons (Fsp3) is 0.591. The third-order valence-electron chi connectivity index (χ3n) is 8.91. The van der Waals surface area contributed by atoms with Crippen molar-refractivity contribution < 1.29 is 14.0 Å². The van der Waals surface area contributed by atoms with Crippen molar-refractivity contribution in [3.63, 3.8) is 0 Å². The molecule has 4 fully saturated rings. The molecule has 1 amide bonds. The van der Waals surface area contributed by atoms with Gasteiger partial charge in [-0.3, -0.25) is 4.79 Å². The van der Waals surface area contributed by atoms with Crippen LogP contribution in [0, 0.1) is 11.8 Å². The Bertz CT molecular complexity index is 894. The van der Waals surface area contributed by atoms with Crippen LogP contribution in [-0.4, -0.2) is 55.3 Å². The summed E-state index contributed by atoms with van der Waals surface area (Å²) in [4.78, 5) is 15.5. The Kier molecular flexibility index (Phi) is 2.36. The van der Waals surface area contributed by atoms with Crippen LogP contribution in [-0.2, 0) is 14.9 Å². The molecule has 4 heteroatoms. The molecule has 26 heavy (non-hydrogen) atoms. The number of hydrogen-bond acceptors (Lipinski definition) is 2. The number of anilines is 1. The average Bonchev–Trinajstić information content (AvgIpc) is 3.05. The summed E-state index contributed by atoms with van der Waals surface area (Å²) < 4.78 is 7.45. The van der Waals surface area contributed by atoms with E-state index in [1.54, 1.807) is 5.57 Å². The van der Waals surface area contributed by atoms with Crippen molar-refractivity contribution in [2.24, 2.45) is 11.8 Å². The SMILES string of the molecule is C[N+]12CC[C@@]34c5ccccc5N5C(=O)CC6OCC=C(C1)[C@H](CC32)[C@@H]6C54. The van der Waals surface area contributed by atoms with Gasteiger partial charge in [0.15, 0.2) is 0 Å². The smallest absolute Gasteiger partial charge is 0.229 e. The maximum atomic E-state index is 13.3. The van der Waals surface area contributed by atoms with Gasteiger partial charge in [0, 0.05) is 24.4 Å². The largest absolute Gasteiger partial charge is 0.373 e. The van der Waals surface area contributed by atoms with E-state index in [-0.39, 0.29) is 17.4 Å². The third-order valence-corrected chi connectivity index (χ3v) is 8.91. The highest BCUT2D eigenvalue weighted by Gasteiger charge is 2.75. The second-order valence-corrected chi connectivity index (χ2v) is 9.67. The molecule has 1 aromatic carbocycles. The number of quaternary nitrogens is 1. The third kappa shape index (κ3) is 1.34. The number of hydrogen-bond donors (Lipinski definition) is 0. The first kappa shape index (κ1) is 14.4. The van der Waals surface area contributed by atoms with E-state index in [0.717, 1.165) is 4.48 Å². The average molecular weight is 349 g/mol. The molecular formula is C22H25N2O2+. The molecule has 5 aliphatic heterocycles. The van der Waals surface area contributed by atoms with Crippen LogP contribution >= 0.6 is 0 Å². The molecule has 4 unspecified atom stereocenters. The van der Waals surface area contributed by atoms with Gasteiger partial charge in [-0.25, -0.2) is 0 Å². The van der Waals surface area contributed by atoms with Gasteiger partial charge in [-0.2, -0.15) is 0 Å². The van der Waals surface area contributed by atoms with Crippen molar-refractivity contribution in [3.05, 3.63) is 41.5 Å². The molecule has 1 saturated carbocycles. The maximum Gasteiger partial charge on any atom is 0.229 e. The quantitative estimate of drug-likeness (QED) is 0.531. The van der Waals surface area contributed by atoms with Crippen LogP contribution in [0.1, 0.15) is 24.8 Å². The number of fused-ring (bicyclic) bond motifs is 2. The number of likely N-dealkylation sites (N-methyl/N-ethyl adjacent to an activating group) is 1. The van der Waals surface area contributed by atoms with E-state index in [1.807, 2.05) is 0 Å². The summed E-state index contributed by atoms with van der Waals surface area (Å²) in [5.74, 6) is 1.36. The maximum absolute atomic E-state index is 13.3. The normalized spacial score (nSPS) is 49.6. The standard InChI is InChI=1S/C22H25N2O2/c1-24-8-7-22-15-4-2-3-5-16(15)23-19(25)11-17-20(21(22)23)14(10-18(22)24)13(12-24)6-9-26-17/h2-6,14,17-18,20-21H,7-12H2,1H3/q+1/t14-,17?,18?,20-,21?,22+,24?/m0/s1. The molecule has 7 rings (SSSR count). The lowest BCUT2D eigenvalue weighted by Gasteiger charge is -2.59. The lowest BCUT2D eigenvalue weighted by molar-refractivity contribution is -0.925. The minimum atomic E-state index is 0.104. The van der Waals surface area contributed by atoms with Gasteiger partial charge in [0.05, 0.1) is 44.2 Å². The lowest BCUT2D eigenvalue weighted by atomic mass is 9.53. The van der Waals surface area contributed by atoms with Crippen molar-refractivity contribution in [2.45, 2.75) is 42.9 Å². The summed E-state index contributed by atoms with van der Waals surface area (Å²) in [6, 6.07) is 9.76. The summed E-state index contributed by atoms with van der Waals surface area (Å²) in [5, 5.41) is 0. The number of benzene rings is 1. The summed E-state index contributed by atoms with van der Waals surface area (Å²) in [6.45, 7) is 3.12. The van der Waals surface area contributed by atoms with Crippen LogP contribution in [0.2, 0.25) is 0 Å². The Morgan fingerprint density at radius 1 is 1.31 bits per heavy atom. The second-order valence-electron chi connectivity index (χ2n) is 9.67. The van der Waals surface area contributed by atoms with Gasteiger partial charge in [0.25, 0.3) is 0 Å². The number of amides is 1. The summed E-state index contributed by atoms with van der Waals surface area (Å²) in [6.07, 6.45) is 5.51. The van der Waals surface area contributed by atoms with E-state index in [0.29, 0.717) is 36.9 Å². The molecule has 2 bridgehead atoms. The number of rotatable bonds is 0. The molecular weight excluding hydrogens is 324 g/mol. The van der Waals surface area contributed by atoms with Crippen molar-refractivity contribution in [3.8, 4) is 0 Å². The van der Waals surface area contributed by atoms with Crippen LogP contribution in [0.15, 0.2) is 35.9 Å². The number of piperidine rings is 2. The molecule has 7 atom stereocenters. The second kappa shape index (κ2) is 4.26. The molecule has 6 aliphatic rings. The van der Waals surface area contributed by atoms with Gasteiger partial charge in [0.2, 0.25) is 5.91 Å². The Labute approximate surface area is 154 Å². The number of nitrogens with zero attached hydrogens (tertiary/aromatic N) is 2. The molecule has 4 nitrogen and oxygen atoms in total. The zero-order chi connectivity index (χ0) is 17.3. The molecule has 1 aromatic rings. The van der Waals surface area contributed by atoms with E-state index in [9.17, 15) is 4.79 Å². The number of para-hydroxylation sites is 1. The molecule has 1 aliphatic carbocycles. The zero-order valence-electron chi connectivity index (χ0n) is 15.2. The van der Waals surface area contributed by atoms with Gasteiger partial charge in [-0.1, -0.05) is 24.3 Å². The van der Waals surface area contributed by atoms with Gasteiger partial charge >= 0.3 is 0 Å². The Morgan fingerprint density at radius 2 is 2.19 bits per heavy atom. The van der Waals surface area contributed by atoms with Gasteiger partial charge in [0.1, 0.15) is 12.6 Å². The van der Waals surface area contributed by atoms with E-state index < -0.39 is 0 Å². The van der Waals surface area contributed by atoms with E-state index in [2.05, 4.69) is 42.3 Å². The number of carbonyl (C=O) groups excluding carboxylic acids is 1. The summed E-state index contributed by atoms with van der Waals surface area (Å²) in [7, 11) is 2.47. The van der Waals surface area contributed by atoms with Gasteiger partial charge in [-0.15, -0.1) is 0 Å². The van der Waals surface area contributed by atoms with Crippen molar-refractivity contribution in [1.82, 2.24) is 0 Å². The first-order valence-electron chi connectivity index (χ1n) is 10.2. The Morgan fingerprint density at radius 3 is 3.12 bits per heavy atom. The topological polar surface area (TPSA) is 29.5 Å². The molecule has 0 radical (unpaired) electrons. The molecule has 1 spiro atoms. The van der Waals surface area contributed by atoms with Gasteiger partial charge in [-0.05, 0) is 23.1 Å². The van der Waals surface area contributed by atoms with Crippen molar-refractivity contribution >= 4 is 11.6 Å². The van der Waals surface area contributed by atoms with E-state index in [1.165, 1.54) is 37.2 Å². The van der Waals surface area contributed by atoms with E-state index >= 15 is 0 Å². The molecule has 5 heterocycles. The lowest BCUT2D eigenvalue weighted by Crippen LogP contribution is -2.72. The van der Waals surface area contributed by atoms with Crippen LogP contribution < -0.4 is 4.90 Å². The number of ether oxygens (including phenoxy) is 1. The van der Waals surface area contributed by atoms with Crippen LogP contribution in [0.5, 0.6) is 0 Å². The highest BCUT2D eigenvalue weighted by Crippen LogP contribution is 2.67. The molecule has 3 saturated heterocycles.